The van der Waals surface area contributed by atoms with Crippen LogP contribution >= 0.6 is 0 Å². The maximum absolute atomic E-state index is 11.9. The van der Waals surface area contributed by atoms with Crippen LogP contribution in [0.2, 0.25) is 0 Å². The van der Waals surface area contributed by atoms with Crippen molar-refractivity contribution in [3.63, 3.8) is 0 Å². The molecule has 0 spiro atoms. The molecule has 2 N–H and O–H groups in total. The molecule has 0 radical (unpaired) electrons. The van der Waals surface area contributed by atoms with Crippen molar-refractivity contribution in [1.29, 1.82) is 0 Å². The first-order valence-corrected chi connectivity index (χ1v) is 6.45. The molecule has 1 saturated heterocycles. The smallest absolute Gasteiger partial charge is 0.236 e. The minimum atomic E-state index is 0.0244. The molecule has 1 heterocycles. The zero-order chi connectivity index (χ0) is 12.7. The van der Waals surface area contributed by atoms with E-state index in [4.69, 9.17) is 10.5 Å². The molecule has 1 atom stereocenters. The van der Waals surface area contributed by atoms with Gasteiger partial charge in [0.05, 0.1) is 12.6 Å². The Morgan fingerprint density at radius 1 is 1.47 bits per heavy atom. The van der Waals surface area contributed by atoms with Gasteiger partial charge in [0.15, 0.2) is 0 Å². The highest BCUT2D eigenvalue weighted by molar-refractivity contribution is 5.78. The summed E-state index contributed by atoms with van der Waals surface area (Å²) in [6.07, 6.45) is 2.30. The molecule has 0 saturated carbocycles. The average molecular weight is 243 g/mol. The van der Waals surface area contributed by atoms with Crippen LogP contribution in [0.1, 0.15) is 19.8 Å². The maximum Gasteiger partial charge on any atom is 0.236 e. The highest BCUT2D eigenvalue weighted by Crippen LogP contribution is 2.07. The Kier molecular flexibility index (Phi) is 6.47. The van der Waals surface area contributed by atoms with Crippen LogP contribution in [-0.2, 0) is 9.53 Å². The van der Waals surface area contributed by atoms with Crippen molar-refractivity contribution in [2.45, 2.75) is 25.9 Å². The van der Waals surface area contributed by atoms with E-state index in [1.165, 1.54) is 0 Å². The molecule has 1 fully saturated rings. The number of carbonyl (C=O) groups is 1. The van der Waals surface area contributed by atoms with E-state index < -0.39 is 0 Å². The summed E-state index contributed by atoms with van der Waals surface area (Å²) in [7, 11) is 1.94. The quantitative estimate of drug-likeness (QED) is 0.678. The Labute approximate surface area is 104 Å². The first-order chi connectivity index (χ1) is 8.17. The molecular weight excluding hydrogens is 218 g/mol. The standard InChI is InChI=1S/C12H25N3O2/c1-3-17-11(8-13)9-14(2)10-12(16)15-6-4-5-7-15/h11H,3-10,13H2,1-2H3. The summed E-state index contributed by atoms with van der Waals surface area (Å²) in [5.74, 6) is 0.220. The third-order valence-corrected chi connectivity index (χ3v) is 3.04. The van der Waals surface area contributed by atoms with Crippen molar-refractivity contribution >= 4 is 5.91 Å². The van der Waals surface area contributed by atoms with E-state index in [0.29, 0.717) is 26.2 Å². The predicted octanol–water partition coefficient (Wildman–Crippen LogP) is -0.0956. The maximum atomic E-state index is 11.9. The van der Waals surface area contributed by atoms with Gasteiger partial charge in [0, 0.05) is 32.8 Å². The van der Waals surface area contributed by atoms with Gasteiger partial charge in [-0.15, -0.1) is 0 Å². The topological polar surface area (TPSA) is 58.8 Å². The number of ether oxygens (including phenoxy) is 1. The van der Waals surface area contributed by atoms with E-state index in [0.717, 1.165) is 25.9 Å². The summed E-state index contributed by atoms with van der Waals surface area (Å²) in [5, 5.41) is 0. The third-order valence-electron chi connectivity index (χ3n) is 3.04. The Hall–Kier alpha value is -0.650. The van der Waals surface area contributed by atoms with Crippen molar-refractivity contribution in [3.8, 4) is 0 Å². The van der Waals surface area contributed by atoms with Gasteiger partial charge in [-0.25, -0.2) is 0 Å². The zero-order valence-electron chi connectivity index (χ0n) is 11.0. The number of nitrogens with zero attached hydrogens (tertiary/aromatic N) is 2. The molecule has 17 heavy (non-hydrogen) atoms. The molecule has 0 aliphatic carbocycles. The summed E-state index contributed by atoms with van der Waals surface area (Å²) in [6.45, 7) is 6.12. The van der Waals surface area contributed by atoms with Gasteiger partial charge in [-0.2, -0.15) is 0 Å². The fraction of sp³-hybridized carbons (Fsp3) is 0.917. The monoisotopic (exact) mass is 243 g/mol. The van der Waals surface area contributed by atoms with Crippen LogP contribution in [0.5, 0.6) is 0 Å². The predicted molar refractivity (Wildman–Crippen MR) is 67.8 cm³/mol. The Balaban J connectivity index is 2.27. The SMILES string of the molecule is CCOC(CN)CN(C)CC(=O)N1CCCC1. The van der Waals surface area contributed by atoms with E-state index >= 15 is 0 Å². The Morgan fingerprint density at radius 3 is 2.65 bits per heavy atom. The van der Waals surface area contributed by atoms with Gasteiger partial charge in [-0.05, 0) is 26.8 Å². The number of hydrogen-bond acceptors (Lipinski definition) is 4. The number of likely N-dealkylation sites (N-methyl/N-ethyl adjacent to an activating group) is 1. The van der Waals surface area contributed by atoms with E-state index in [1.54, 1.807) is 0 Å². The Morgan fingerprint density at radius 2 is 2.12 bits per heavy atom. The molecule has 1 unspecified atom stereocenters. The third kappa shape index (κ3) is 5.02. The van der Waals surface area contributed by atoms with Crippen LogP contribution in [0.3, 0.4) is 0 Å². The average Bonchev–Trinajstić information content (AvgIpc) is 2.81. The van der Waals surface area contributed by atoms with Crippen LogP contribution in [0.15, 0.2) is 0 Å². The van der Waals surface area contributed by atoms with Crippen LogP contribution < -0.4 is 5.73 Å². The first-order valence-electron chi connectivity index (χ1n) is 6.45. The molecule has 0 aromatic carbocycles. The lowest BCUT2D eigenvalue weighted by atomic mass is 10.3. The summed E-state index contributed by atoms with van der Waals surface area (Å²) >= 11 is 0. The molecular formula is C12H25N3O2. The van der Waals surface area contributed by atoms with E-state index in [9.17, 15) is 4.79 Å². The van der Waals surface area contributed by atoms with E-state index in [1.807, 2.05) is 23.8 Å². The number of amides is 1. The lowest BCUT2D eigenvalue weighted by Crippen LogP contribution is -2.42. The summed E-state index contributed by atoms with van der Waals surface area (Å²) in [5.41, 5.74) is 5.61. The van der Waals surface area contributed by atoms with Gasteiger partial charge >= 0.3 is 0 Å². The lowest BCUT2D eigenvalue weighted by Gasteiger charge is -2.24. The normalized spacial score (nSPS) is 17.8. The number of carbonyl (C=O) groups excluding carboxylic acids is 1. The molecule has 0 aromatic rings. The summed E-state index contributed by atoms with van der Waals surface area (Å²) in [4.78, 5) is 15.8. The Bertz CT molecular complexity index is 230. The second-order valence-electron chi connectivity index (χ2n) is 4.60. The fourth-order valence-corrected chi connectivity index (χ4v) is 2.14. The second kappa shape index (κ2) is 7.63. The van der Waals surface area contributed by atoms with Crippen LogP contribution in [-0.4, -0.2) is 68.2 Å². The van der Waals surface area contributed by atoms with Gasteiger partial charge in [0.25, 0.3) is 0 Å². The largest absolute Gasteiger partial charge is 0.376 e. The number of nitrogens with two attached hydrogens (primary N) is 1. The molecule has 1 aliphatic heterocycles. The van der Waals surface area contributed by atoms with Crippen molar-refractivity contribution < 1.29 is 9.53 Å². The zero-order valence-corrected chi connectivity index (χ0v) is 11.0. The molecule has 5 heteroatoms. The summed E-state index contributed by atoms with van der Waals surface area (Å²) in [6, 6.07) is 0. The molecule has 1 aliphatic rings. The lowest BCUT2D eigenvalue weighted by molar-refractivity contribution is -0.131. The first kappa shape index (κ1) is 14.4. The molecule has 100 valence electrons. The minimum Gasteiger partial charge on any atom is -0.376 e. The molecule has 1 amide bonds. The van der Waals surface area contributed by atoms with Crippen molar-refractivity contribution in [2.24, 2.45) is 5.73 Å². The number of hydrogen-bond donors (Lipinski definition) is 1. The van der Waals surface area contributed by atoms with E-state index in [-0.39, 0.29) is 12.0 Å². The number of rotatable bonds is 7. The molecule has 0 bridgehead atoms. The van der Waals surface area contributed by atoms with Crippen LogP contribution in [0.25, 0.3) is 0 Å². The van der Waals surface area contributed by atoms with Gasteiger partial charge in [0.2, 0.25) is 5.91 Å². The second-order valence-corrected chi connectivity index (χ2v) is 4.60. The van der Waals surface area contributed by atoms with E-state index in [2.05, 4.69) is 0 Å². The van der Waals surface area contributed by atoms with Gasteiger partial charge in [0.1, 0.15) is 0 Å². The highest BCUT2D eigenvalue weighted by Gasteiger charge is 2.20. The van der Waals surface area contributed by atoms with Crippen molar-refractivity contribution in [2.75, 3.05) is 46.4 Å². The van der Waals surface area contributed by atoms with Gasteiger partial charge in [-0.3, -0.25) is 9.69 Å². The van der Waals surface area contributed by atoms with Crippen LogP contribution in [0, 0.1) is 0 Å². The minimum absolute atomic E-state index is 0.0244. The molecule has 5 nitrogen and oxygen atoms in total. The van der Waals surface area contributed by atoms with Crippen LogP contribution in [0.4, 0.5) is 0 Å². The fourth-order valence-electron chi connectivity index (χ4n) is 2.14. The van der Waals surface area contributed by atoms with Gasteiger partial charge in [-0.1, -0.05) is 0 Å². The molecule has 0 aromatic heterocycles. The van der Waals surface area contributed by atoms with Gasteiger partial charge < -0.3 is 15.4 Å². The van der Waals surface area contributed by atoms with Crippen molar-refractivity contribution in [3.05, 3.63) is 0 Å². The molecule has 1 rings (SSSR count). The highest BCUT2D eigenvalue weighted by atomic mass is 16.5. The summed E-state index contributed by atoms with van der Waals surface area (Å²) < 4.78 is 5.48. The number of likely N-dealkylation sites (tertiary alicyclic amines) is 1. The van der Waals surface area contributed by atoms with Crippen molar-refractivity contribution in [1.82, 2.24) is 9.80 Å².